The molecule has 2 rings (SSSR count). The van der Waals surface area contributed by atoms with E-state index >= 15 is 0 Å². The second-order valence-electron chi connectivity index (χ2n) is 3.75. The van der Waals surface area contributed by atoms with Crippen molar-refractivity contribution in [2.75, 3.05) is 5.32 Å². The molecule has 0 saturated carbocycles. The average molecular weight is 324 g/mol. The van der Waals surface area contributed by atoms with Crippen molar-refractivity contribution < 1.29 is 22.4 Å². The molecule has 1 heterocycles. The summed E-state index contributed by atoms with van der Waals surface area (Å²) in [4.78, 5) is 11.7. The number of nitrogens with one attached hydrogen (secondary N) is 1. The molecular weight excluding hydrogens is 318 g/mol. The van der Waals surface area contributed by atoms with E-state index in [9.17, 15) is 18.0 Å². The summed E-state index contributed by atoms with van der Waals surface area (Å²) in [5.41, 5.74) is -1.09. The number of hydrogen-bond acceptors (Lipinski definition) is 2. The Morgan fingerprint density at radius 1 is 1.15 bits per heavy atom. The zero-order chi connectivity index (χ0) is 14.9. The van der Waals surface area contributed by atoms with E-state index in [-0.39, 0.29) is 16.7 Å². The predicted octanol–water partition coefficient (Wildman–Crippen LogP) is 4.86. The first-order valence-electron chi connectivity index (χ1n) is 5.21. The van der Waals surface area contributed by atoms with E-state index in [1.54, 1.807) is 0 Å². The molecule has 0 unspecified atom stereocenters. The van der Waals surface area contributed by atoms with Gasteiger partial charge in [-0.2, -0.15) is 13.2 Å². The van der Waals surface area contributed by atoms with Crippen molar-refractivity contribution in [2.45, 2.75) is 6.18 Å². The highest BCUT2D eigenvalue weighted by atomic mass is 35.5. The summed E-state index contributed by atoms with van der Waals surface area (Å²) in [6.07, 6.45) is -4.61. The van der Waals surface area contributed by atoms with Gasteiger partial charge in [0.1, 0.15) is 0 Å². The number of rotatable bonds is 2. The Morgan fingerprint density at radius 2 is 1.85 bits per heavy atom. The quantitative estimate of drug-likeness (QED) is 0.857. The van der Waals surface area contributed by atoms with Crippen LogP contribution in [-0.2, 0) is 6.18 Å². The highest BCUT2D eigenvalue weighted by Crippen LogP contribution is 2.36. The monoisotopic (exact) mass is 323 g/mol. The second kappa shape index (κ2) is 5.38. The molecule has 0 fully saturated rings. The van der Waals surface area contributed by atoms with Gasteiger partial charge in [0.2, 0.25) is 0 Å². The Hall–Kier alpha value is -1.66. The number of benzene rings is 1. The van der Waals surface area contributed by atoms with E-state index in [1.807, 2.05) is 0 Å². The van der Waals surface area contributed by atoms with Crippen molar-refractivity contribution in [2.24, 2.45) is 0 Å². The molecular formula is C12H6Cl2F3NO2. The number of anilines is 1. The van der Waals surface area contributed by atoms with Gasteiger partial charge in [0.15, 0.2) is 11.0 Å². The van der Waals surface area contributed by atoms with Crippen LogP contribution in [0.5, 0.6) is 0 Å². The number of alkyl halides is 3. The molecule has 0 aliphatic rings. The van der Waals surface area contributed by atoms with Crippen LogP contribution in [0, 0.1) is 0 Å². The lowest BCUT2D eigenvalue weighted by Crippen LogP contribution is -2.12. The molecule has 1 aromatic carbocycles. The van der Waals surface area contributed by atoms with Crippen LogP contribution in [0.15, 0.2) is 34.7 Å². The first-order valence-corrected chi connectivity index (χ1v) is 5.96. The number of halogens is 5. The van der Waals surface area contributed by atoms with Crippen molar-refractivity contribution >= 4 is 34.8 Å². The largest absolute Gasteiger partial charge is 0.440 e. The SMILES string of the molecule is O=C(Nc1ccc(Cl)c(C(F)(F)F)c1)c1ccc(Cl)o1. The predicted molar refractivity (Wildman–Crippen MR) is 68.1 cm³/mol. The van der Waals surface area contributed by atoms with Gasteiger partial charge < -0.3 is 9.73 Å². The van der Waals surface area contributed by atoms with E-state index in [2.05, 4.69) is 5.32 Å². The van der Waals surface area contributed by atoms with E-state index in [0.29, 0.717) is 0 Å². The fourth-order valence-electron chi connectivity index (χ4n) is 1.45. The summed E-state index contributed by atoms with van der Waals surface area (Å²) in [5.74, 6) is -0.828. The number of carbonyl (C=O) groups is 1. The van der Waals surface area contributed by atoms with Gasteiger partial charge >= 0.3 is 6.18 Å². The van der Waals surface area contributed by atoms with Crippen molar-refractivity contribution in [3.63, 3.8) is 0 Å². The van der Waals surface area contributed by atoms with Crippen LogP contribution in [0.4, 0.5) is 18.9 Å². The molecule has 8 heteroatoms. The molecule has 0 radical (unpaired) electrons. The first kappa shape index (κ1) is 14.7. The van der Waals surface area contributed by atoms with Gasteiger partial charge in [-0.3, -0.25) is 4.79 Å². The van der Waals surface area contributed by atoms with E-state index < -0.39 is 22.7 Å². The van der Waals surface area contributed by atoms with Crippen molar-refractivity contribution in [3.05, 3.63) is 51.9 Å². The number of amides is 1. The van der Waals surface area contributed by atoms with Crippen LogP contribution in [0.2, 0.25) is 10.2 Å². The Morgan fingerprint density at radius 3 is 2.40 bits per heavy atom. The molecule has 0 aliphatic carbocycles. The molecule has 2 aromatic rings. The molecule has 0 saturated heterocycles. The molecule has 1 N–H and O–H groups in total. The minimum atomic E-state index is -4.61. The van der Waals surface area contributed by atoms with Crippen molar-refractivity contribution in [1.82, 2.24) is 0 Å². The van der Waals surface area contributed by atoms with Gasteiger partial charge in [-0.05, 0) is 41.9 Å². The zero-order valence-corrected chi connectivity index (χ0v) is 11.1. The summed E-state index contributed by atoms with van der Waals surface area (Å²) in [6, 6.07) is 5.69. The normalized spacial score (nSPS) is 11.4. The molecule has 1 amide bonds. The Balaban J connectivity index is 2.24. The standard InChI is InChI=1S/C12H6Cl2F3NO2/c13-8-2-1-6(5-7(8)12(15,16)17)18-11(19)9-3-4-10(14)20-9/h1-5H,(H,18,19). The van der Waals surface area contributed by atoms with Gasteiger partial charge in [-0.25, -0.2) is 0 Å². The lowest BCUT2D eigenvalue weighted by molar-refractivity contribution is -0.137. The minimum Gasteiger partial charge on any atom is -0.440 e. The first-order chi connectivity index (χ1) is 9.27. The van der Waals surface area contributed by atoms with Crippen LogP contribution in [0.1, 0.15) is 16.1 Å². The van der Waals surface area contributed by atoms with Gasteiger partial charge in [-0.1, -0.05) is 11.6 Å². The third-order valence-corrected chi connectivity index (χ3v) is 2.86. The summed E-state index contributed by atoms with van der Waals surface area (Å²) < 4.78 is 42.8. The summed E-state index contributed by atoms with van der Waals surface area (Å²) in [5, 5.41) is 1.82. The Kier molecular flexibility index (Phi) is 3.96. The molecule has 0 bridgehead atoms. The molecule has 1 aromatic heterocycles. The lowest BCUT2D eigenvalue weighted by Gasteiger charge is -2.11. The van der Waals surface area contributed by atoms with E-state index in [1.165, 1.54) is 18.2 Å². The highest BCUT2D eigenvalue weighted by molar-refractivity contribution is 6.31. The van der Waals surface area contributed by atoms with Crippen molar-refractivity contribution in [3.8, 4) is 0 Å². The maximum atomic E-state index is 12.7. The number of hydrogen-bond donors (Lipinski definition) is 1. The molecule has 0 atom stereocenters. The zero-order valence-electron chi connectivity index (χ0n) is 9.59. The van der Waals surface area contributed by atoms with Crippen molar-refractivity contribution in [1.29, 1.82) is 0 Å². The smallest absolute Gasteiger partial charge is 0.417 e. The summed E-state index contributed by atoms with van der Waals surface area (Å²) in [7, 11) is 0. The topological polar surface area (TPSA) is 42.2 Å². The van der Waals surface area contributed by atoms with Crippen LogP contribution >= 0.6 is 23.2 Å². The highest BCUT2D eigenvalue weighted by Gasteiger charge is 2.33. The van der Waals surface area contributed by atoms with Gasteiger partial charge in [0, 0.05) is 5.69 Å². The van der Waals surface area contributed by atoms with Crippen LogP contribution in [-0.4, -0.2) is 5.91 Å². The lowest BCUT2D eigenvalue weighted by atomic mass is 10.2. The fourth-order valence-corrected chi connectivity index (χ4v) is 1.82. The number of furan rings is 1. The second-order valence-corrected chi connectivity index (χ2v) is 4.53. The summed E-state index contributed by atoms with van der Waals surface area (Å²) in [6.45, 7) is 0. The molecule has 0 spiro atoms. The van der Waals surface area contributed by atoms with Gasteiger partial charge in [0.25, 0.3) is 5.91 Å². The third-order valence-electron chi connectivity index (χ3n) is 2.33. The van der Waals surface area contributed by atoms with Crippen LogP contribution in [0.25, 0.3) is 0 Å². The molecule has 0 aliphatic heterocycles. The van der Waals surface area contributed by atoms with Gasteiger partial charge in [0.05, 0.1) is 10.6 Å². The Bertz CT molecular complexity index is 652. The van der Waals surface area contributed by atoms with Gasteiger partial charge in [-0.15, -0.1) is 0 Å². The number of carbonyl (C=O) groups excluding carboxylic acids is 1. The third kappa shape index (κ3) is 3.26. The van der Waals surface area contributed by atoms with Crippen LogP contribution in [0.3, 0.4) is 0 Å². The van der Waals surface area contributed by atoms with E-state index in [0.717, 1.165) is 12.1 Å². The maximum Gasteiger partial charge on any atom is 0.417 e. The minimum absolute atomic E-state index is 0.00207. The molecule has 106 valence electrons. The van der Waals surface area contributed by atoms with E-state index in [4.69, 9.17) is 27.6 Å². The average Bonchev–Trinajstić information content (AvgIpc) is 2.77. The summed E-state index contributed by atoms with van der Waals surface area (Å²) >= 11 is 11.0. The Labute approximate surface area is 121 Å². The molecule has 20 heavy (non-hydrogen) atoms. The fraction of sp³-hybridized carbons (Fsp3) is 0.0833. The van der Waals surface area contributed by atoms with Crippen LogP contribution < -0.4 is 5.32 Å². The maximum absolute atomic E-state index is 12.7. The molecule has 3 nitrogen and oxygen atoms in total.